The van der Waals surface area contributed by atoms with Crippen molar-refractivity contribution in [2.45, 2.75) is 29.9 Å². The molecule has 1 aromatic carbocycles. The molecule has 6 nitrogen and oxygen atoms in total. The summed E-state index contributed by atoms with van der Waals surface area (Å²) >= 11 is 6.04. The van der Waals surface area contributed by atoms with Crippen molar-refractivity contribution in [3.05, 3.63) is 40.9 Å². The second-order valence-corrected chi connectivity index (χ2v) is 7.75. The number of halogens is 1. The van der Waals surface area contributed by atoms with E-state index in [0.29, 0.717) is 21.6 Å². The molecule has 0 atom stereocenters. The molecule has 2 aromatic heterocycles. The maximum absolute atomic E-state index is 12.9. The molecule has 126 valence electrons. The largest absolute Gasteiger partial charge is 0.480 e. The van der Waals surface area contributed by atoms with Crippen LogP contribution in [-0.2, 0) is 9.84 Å². The fraction of sp³-hybridized carbons (Fsp3) is 0.250. The Morgan fingerprint density at radius 2 is 1.92 bits per heavy atom. The van der Waals surface area contributed by atoms with E-state index < -0.39 is 9.84 Å². The smallest absolute Gasteiger partial charge is 0.258 e. The summed E-state index contributed by atoms with van der Waals surface area (Å²) in [4.78, 5) is 0. The lowest BCUT2D eigenvalue weighted by Crippen LogP contribution is -2.08. The van der Waals surface area contributed by atoms with Crippen LogP contribution in [0.4, 0.5) is 0 Å². The maximum Gasteiger partial charge on any atom is 0.258 e. The maximum atomic E-state index is 12.9. The summed E-state index contributed by atoms with van der Waals surface area (Å²) in [6.07, 6.45) is 0. The average molecular weight is 367 g/mol. The second-order valence-electron chi connectivity index (χ2n) is 5.52. The van der Waals surface area contributed by atoms with Crippen molar-refractivity contribution >= 4 is 32.4 Å². The molecule has 0 bridgehead atoms. The normalized spacial score (nSPS) is 12.0. The second kappa shape index (κ2) is 6.07. The highest BCUT2D eigenvalue weighted by Gasteiger charge is 2.31. The molecule has 0 amide bonds. The third-order valence-electron chi connectivity index (χ3n) is 3.58. The summed E-state index contributed by atoms with van der Waals surface area (Å²) in [5.41, 5.74) is 1.04. The van der Waals surface area contributed by atoms with Crippen LogP contribution in [0, 0.1) is 0 Å². The van der Waals surface area contributed by atoms with Gasteiger partial charge in [0.05, 0.1) is 7.11 Å². The number of hydrogen-bond acceptors (Lipinski definition) is 6. The number of nitrogens with zero attached hydrogens (tertiary/aromatic N) is 2. The van der Waals surface area contributed by atoms with Gasteiger partial charge in [-0.25, -0.2) is 8.42 Å². The fourth-order valence-corrected chi connectivity index (χ4v) is 4.06. The van der Waals surface area contributed by atoms with Crippen LogP contribution in [-0.4, -0.2) is 25.7 Å². The van der Waals surface area contributed by atoms with Crippen molar-refractivity contribution in [3.8, 4) is 5.88 Å². The molecule has 24 heavy (non-hydrogen) atoms. The predicted octanol–water partition coefficient (Wildman–Crippen LogP) is 3.84. The highest BCUT2D eigenvalue weighted by atomic mass is 35.5. The van der Waals surface area contributed by atoms with Crippen molar-refractivity contribution in [1.82, 2.24) is 10.2 Å². The summed E-state index contributed by atoms with van der Waals surface area (Å²) in [6, 6.07) is 7.79. The minimum Gasteiger partial charge on any atom is -0.480 e. The van der Waals surface area contributed by atoms with Crippen LogP contribution in [0.2, 0.25) is 5.02 Å². The molecular weight excluding hydrogens is 352 g/mol. The minimum absolute atomic E-state index is 0.0827. The highest BCUT2D eigenvalue weighted by Crippen LogP contribution is 2.38. The van der Waals surface area contributed by atoms with Gasteiger partial charge >= 0.3 is 0 Å². The zero-order valence-electron chi connectivity index (χ0n) is 13.3. The lowest BCUT2D eigenvalue weighted by molar-refractivity contribution is 0.389. The molecule has 2 heterocycles. The first-order chi connectivity index (χ1) is 11.3. The molecule has 0 saturated carbocycles. The van der Waals surface area contributed by atoms with Gasteiger partial charge in [0.25, 0.3) is 9.84 Å². The van der Waals surface area contributed by atoms with E-state index in [1.54, 1.807) is 18.2 Å². The quantitative estimate of drug-likeness (QED) is 0.697. The number of fused-ring (bicyclic) bond motifs is 1. The first-order valence-corrected chi connectivity index (χ1v) is 9.05. The number of methoxy groups -OCH3 is 1. The summed E-state index contributed by atoms with van der Waals surface area (Å²) in [7, 11) is -2.52. The molecule has 0 aliphatic heterocycles. The van der Waals surface area contributed by atoms with Gasteiger partial charge in [-0.3, -0.25) is 0 Å². The topological polar surface area (TPSA) is 82.3 Å². The number of aromatic nitrogens is 2. The zero-order chi connectivity index (χ0) is 17.5. The summed E-state index contributed by atoms with van der Waals surface area (Å²) in [6.45, 7) is 3.79. The van der Waals surface area contributed by atoms with E-state index in [1.807, 2.05) is 13.8 Å². The fourth-order valence-electron chi connectivity index (χ4n) is 2.47. The van der Waals surface area contributed by atoms with E-state index in [4.69, 9.17) is 20.8 Å². The van der Waals surface area contributed by atoms with Gasteiger partial charge in [-0.15, -0.1) is 10.2 Å². The summed E-state index contributed by atoms with van der Waals surface area (Å²) in [5, 5.41) is 8.32. The third kappa shape index (κ3) is 2.74. The Balaban J connectivity index is 2.25. The molecule has 0 spiro atoms. The van der Waals surface area contributed by atoms with Gasteiger partial charge in [0.15, 0.2) is 5.03 Å². The molecule has 0 aliphatic rings. The van der Waals surface area contributed by atoms with Gasteiger partial charge in [-0.2, -0.15) is 0 Å². The number of ether oxygens (including phenoxy) is 1. The number of benzene rings is 1. The lowest BCUT2D eigenvalue weighted by atomic mass is 10.0. The van der Waals surface area contributed by atoms with Gasteiger partial charge in [0, 0.05) is 22.0 Å². The first kappa shape index (κ1) is 16.7. The Labute approximate surface area is 144 Å². The molecule has 0 radical (unpaired) electrons. The minimum atomic E-state index is -3.95. The number of sulfone groups is 1. The van der Waals surface area contributed by atoms with Gasteiger partial charge < -0.3 is 9.15 Å². The Morgan fingerprint density at radius 3 is 2.50 bits per heavy atom. The van der Waals surface area contributed by atoms with Crippen molar-refractivity contribution in [2.75, 3.05) is 7.11 Å². The Morgan fingerprint density at radius 1 is 1.17 bits per heavy atom. The summed E-state index contributed by atoms with van der Waals surface area (Å²) in [5.74, 6) is 0.148. The predicted molar refractivity (Wildman–Crippen MR) is 89.3 cm³/mol. The van der Waals surface area contributed by atoms with Gasteiger partial charge in [-0.05, 0) is 30.2 Å². The van der Waals surface area contributed by atoms with Crippen LogP contribution in [0.3, 0.4) is 0 Å². The molecule has 0 unspecified atom stereocenters. The van der Waals surface area contributed by atoms with E-state index >= 15 is 0 Å². The van der Waals surface area contributed by atoms with Crippen LogP contribution in [0.25, 0.3) is 11.0 Å². The number of rotatable bonds is 4. The Hall–Kier alpha value is -2.12. The molecular formula is C16H15ClN2O4S. The van der Waals surface area contributed by atoms with E-state index in [2.05, 4.69) is 10.2 Å². The Kier molecular flexibility index (Phi) is 4.23. The van der Waals surface area contributed by atoms with Gasteiger partial charge in [-0.1, -0.05) is 25.4 Å². The van der Waals surface area contributed by atoms with Crippen molar-refractivity contribution in [2.24, 2.45) is 0 Å². The number of hydrogen-bond donors (Lipinski definition) is 0. The van der Waals surface area contributed by atoms with E-state index in [1.165, 1.54) is 19.2 Å². The average Bonchev–Trinajstić information content (AvgIpc) is 2.94. The van der Waals surface area contributed by atoms with Gasteiger partial charge in [0.1, 0.15) is 5.58 Å². The van der Waals surface area contributed by atoms with Crippen LogP contribution in [0.5, 0.6) is 5.88 Å². The van der Waals surface area contributed by atoms with E-state index in [0.717, 1.165) is 0 Å². The van der Waals surface area contributed by atoms with E-state index in [-0.39, 0.29) is 21.9 Å². The van der Waals surface area contributed by atoms with Crippen molar-refractivity contribution in [1.29, 1.82) is 0 Å². The lowest BCUT2D eigenvalue weighted by Gasteiger charge is -2.07. The molecule has 3 rings (SSSR count). The molecule has 3 aromatic rings. The molecule has 0 fully saturated rings. The highest BCUT2D eigenvalue weighted by molar-refractivity contribution is 7.91. The van der Waals surface area contributed by atoms with E-state index in [9.17, 15) is 8.42 Å². The number of furan rings is 1. The zero-order valence-corrected chi connectivity index (χ0v) is 14.9. The monoisotopic (exact) mass is 366 g/mol. The van der Waals surface area contributed by atoms with Crippen LogP contribution < -0.4 is 4.74 Å². The molecule has 0 saturated heterocycles. The van der Waals surface area contributed by atoms with Crippen LogP contribution in [0.15, 0.2) is 44.9 Å². The first-order valence-electron chi connectivity index (χ1n) is 7.19. The van der Waals surface area contributed by atoms with Crippen molar-refractivity contribution in [3.63, 3.8) is 0 Å². The van der Waals surface area contributed by atoms with Crippen LogP contribution >= 0.6 is 11.6 Å². The summed E-state index contributed by atoms with van der Waals surface area (Å²) < 4.78 is 36.4. The molecule has 8 heteroatoms. The standard InChI is InChI=1S/C16H15ClN2O4S/c1-9(2)15-11-8-10(17)4-5-12(11)23-16(15)24(20,21)14-7-6-13(22-3)18-19-14/h4-9H,1-3H3. The van der Waals surface area contributed by atoms with Gasteiger partial charge in [0.2, 0.25) is 11.0 Å². The SMILES string of the molecule is COc1ccc(S(=O)(=O)c2oc3ccc(Cl)cc3c2C(C)C)nn1. The van der Waals surface area contributed by atoms with Crippen molar-refractivity contribution < 1.29 is 17.6 Å². The molecule has 0 N–H and O–H groups in total. The third-order valence-corrected chi connectivity index (χ3v) is 5.37. The Bertz CT molecular complexity index is 995. The van der Waals surface area contributed by atoms with Crippen LogP contribution in [0.1, 0.15) is 25.3 Å². The molecule has 0 aliphatic carbocycles.